The highest BCUT2D eigenvalue weighted by Crippen LogP contribution is 2.16. The fraction of sp³-hybridized carbons (Fsp3) is 0.500. The molecule has 0 spiro atoms. The summed E-state index contributed by atoms with van der Waals surface area (Å²) in [5, 5.41) is 0. The fourth-order valence-electron chi connectivity index (χ4n) is 1.50. The number of nitrogens with two attached hydrogens (primary N) is 1. The van der Waals surface area contributed by atoms with Gasteiger partial charge in [-0.1, -0.05) is 6.07 Å². The van der Waals surface area contributed by atoms with E-state index >= 15 is 0 Å². The molecule has 4 heteroatoms. The van der Waals surface area contributed by atoms with Crippen LogP contribution in [0.4, 0.5) is 4.39 Å². The van der Waals surface area contributed by atoms with Crippen LogP contribution >= 0.6 is 0 Å². The van der Waals surface area contributed by atoms with E-state index in [4.69, 9.17) is 15.2 Å². The number of methoxy groups -OCH3 is 1. The van der Waals surface area contributed by atoms with Crippen LogP contribution in [-0.4, -0.2) is 26.9 Å². The summed E-state index contributed by atoms with van der Waals surface area (Å²) in [6.07, 6.45) is 0. The minimum atomic E-state index is -0.242. The molecule has 1 aromatic carbocycles. The number of rotatable bonds is 6. The smallest absolute Gasteiger partial charge is 0.123 e. The lowest BCUT2D eigenvalue weighted by Gasteiger charge is -2.14. The van der Waals surface area contributed by atoms with Crippen molar-refractivity contribution in [3.8, 4) is 0 Å². The van der Waals surface area contributed by atoms with Crippen molar-refractivity contribution in [1.82, 2.24) is 0 Å². The first-order valence-corrected chi connectivity index (χ1v) is 5.23. The van der Waals surface area contributed by atoms with Crippen LogP contribution in [0.1, 0.15) is 17.2 Å². The van der Waals surface area contributed by atoms with Crippen molar-refractivity contribution in [3.05, 3.63) is 35.1 Å². The van der Waals surface area contributed by atoms with E-state index in [9.17, 15) is 4.39 Å². The van der Waals surface area contributed by atoms with Gasteiger partial charge in [0.25, 0.3) is 0 Å². The predicted molar refractivity (Wildman–Crippen MR) is 60.8 cm³/mol. The van der Waals surface area contributed by atoms with E-state index in [1.807, 2.05) is 6.92 Å². The summed E-state index contributed by atoms with van der Waals surface area (Å²) in [6, 6.07) is 4.37. The summed E-state index contributed by atoms with van der Waals surface area (Å²) in [5.74, 6) is -0.242. The first-order chi connectivity index (χ1) is 7.65. The highest BCUT2D eigenvalue weighted by atomic mass is 19.1. The molecule has 1 rings (SSSR count). The van der Waals surface area contributed by atoms with Crippen molar-refractivity contribution in [2.75, 3.05) is 26.9 Å². The minimum absolute atomic E-state index is 0.225. The second-order valence-corrected chi connectivity index (χ2v) is 3.68. The molecule has 0 aliphatic carbocycles. The molecule has 1 unspecified atom stereocenters. The Labute approximate surface area is 95.4 Å². The molecule has 16 heavy (non-hydrogen) atoms. The van der Waals surface area contributed by atoms with Gasteiger partial charge in [0.1, 0.15) is 5.82 Å². The van der Waals surface area contributed by atoms with Crippen LogP contribution in [0.25, 0.3) is 0 Å². The lowest BCUT2D eigenvalue weighted by Crippen LogP contribution is -2.19. The molecule has 0 aliphatic rings. The molecule has 1 atom stereocenters. The summed E-state index contributed by atoms with van der Waals surface area (Å²) in [5.41, 5.74) is 7.71. The number of hydrogen-bond acceptors (Lipinski definition) is 3. The number of aryl methyl sites for hydroxylation is 1. The Kier molecular flexibility index (Phi) is 5.38. The molecule has 2 N–H and O–H groups in total. The van der Waals surface area contributed by atoms with Gasteiger partial charge in [-0.25, -0.2) is 4.39 Å². The summed E-state index contributed by atoms with van der Waals surface area (Å²) in [4.78, 5) is 0. The quantitative estimate of drug-likeness (QED) is 0.754. The molecule has 0 heterocycles. The molecule has 0 saturated heterocycles. The van der Waals surface area contributed by atoms with E-state index in [-0.39, 0.29) is 11.9 Å². The van der Waals surface area contributed by atoms with Crippen LogP contribution in [0, 0.1) is 12.7 Å². The predicted octanol–water partition coefficient (Wildman–Crippen LogP) is 1.80. The van der Waals surface area contributed by atoms with Gasteiger partial charge in [0, 0.05) is 7.11 Å². The normalized spacial score (nSPS) is 12.8. The molecular formula is C12H18FNO2. The molecule has 0 bridgehead atoms. The zero-order valence-corrected chi connectivity index (χ0v) is 9.70. The SMILES string of the molecule is COCCOCC(N)c1ccc(F)cc1C. The van der Waals surface area contributed by atoms with E-state index in [2.05, 4.69) is 0 Å². The first-order valence-electron chi connectivity index (χ1n) is 5.23. The van der Waals surface area contributed by atoms with Gasteiger partial charge in [0.2, 0.25) is 0 Å². The van der Waals surface area contributed by atoms with Crippen molar-refractivity contribution in [1.29, 1.82) is 0 Å². The Balaban J connectivity index is 2.49. The number of hydrogen-bond donors (Lipinski definition) is 1. The molecule has 0 aliphatic heterocycles. The third-order valence-corrected chi connectivity index (χ3v) is 2.36. The zero-order valence-electron chi connectivity index (χ0n) is 9.70. The van der Waals surface area contributed by atoms with Crippen molar-refractivity contribution >= 4 is 0 Å². The maximum absolute atomic E-state index is 12.9. The third kappa shape index (κ3) is 3.89. The summed E-state index contributed by atoms with van der Waals surface area (Å²) >= 11 is 0. The Bertz CT molecular complexity index is 331. The maximum atomic E-state index is 12.9. The van der Waals surface area contributed by atoms with Gasteiger partial charge in [0.05, 0.1) is 25.9 Å². The van der Waals surface area contributed by atoms with Gasteiger partial charge in [-0.05, 0) is 30.2 Å². The zero-order chi connectivity index (χ0) is 12.0. The monoisotopic (exact) mass is 227 g/mol. The minimum Gasteiger partial charge on any atom is -0.382 e. The molecule has 1 aromatic rings. The Morgan fingerprint density at radius 1 is 1.38 bits per heavy atom. The van der Waals surface area contributed by atoms with Crippen LogP contribution in [0.15, 0.2) is 18.2 Å². The summed E-state index contributed by atoms with van der Waals surface area (Å²) < 4.78 is 23.1. The standard InChI is InChI=1S/C12H18FNO2/c1-9-7-10(13)3-4-11(9)12(14)8-16-6-5-15-2/h3-4,7,12H,5-6,8,14H2,1-2H3. The van der Waals surface area contributed by atoms with Gasteiger partial charge in [-0.2, -0.15) is 0 Å². The van der Waals surface area contributed by atoms with Crippen molar-refractivity contribution in [2.45, 2.75) is 13.0 Å². The van der Waals surface area contributed by atoms with Gasteiger partial charge >= 0.3 is 0 Å². The average Bonchev–Trinajstić information content (AvgIpc) is 2.24. The molecule has 0 amide bonds. The summed E-state index contributed by atoms with van der Waals surface area (Å²) in [6.45, 7) is 3.32. The van der Waals surface area contributed by atoms with Gasteiger partial charge in [-0.15, -0.1) is 0 Å². The molecule has 0 saturated carbocycles. The Morgan fingerprint density at radius 2 is 2.12 bits per heavy atom. The van der Waals surface area contributed by atoms with E-state index < -0.39 is 0 Å². The van der Waals surface area contributed by atoms with E-state index in [0.717, 1.165) is 11.1 Å². The Morgan fingerprint density at radius 3 is 2.75 bits per heavy atom. The largest absolute Gasteiger partial charge is 0.382 e. The van der Waals surface area contributed by atoms with E-state index in [0.29, 0.717) is 19.8 Å². The number of benzene rings is 1. The average molecular weight is 227 g/mol. The molecule has 90 valence electrons. The van der Waals surface area contributed by atoms with Gasteiger partial charge < -0.3 is 15.2 Å². The maximum Gasteiger partial charge on any atom is 0.123 e. The van der Waals surface area contributed by atoms with Gasteiger partial charge in [-0.3, -0.25) is 0 Å². The lowest BCUT2D eigenvalue weighted by atomic mass is 10.0. The van der Waals surface area contributed by atoms with Crippen LogP contribution in [0.3, 0.4) is 0 Å². The molecular weight excluding hydrogens is 209 g/mol. The molecule has 0 fully saturated rings. The summed E-state index contributed by atoms with van der Waals surface area (Å²) in [7, 11) is 1.62. The molecule has 3 nitrogen and oxygen atoms in total. The Hall–Kier alpha value is -0.970. The van der Waals surface area contributed by atoms with Crippen LogP contribution < -0.4 is 5.73 Å². The fourth-order valence-corrected chi connectivity index (χ4v) is 1.50. The number of ether oxygens (including phenoxy) is 2. The topological polar surface area (TPSA) is 44.5 Å². The second kappa shape index (κ2) is 6.58. The van der Waals surface area contributed by atoms with Crippen molar-refractivity contribution < 1.29 is 13.9 Å². The van der Waals surface area contributed by atoms with Crippen molar-refractivity contribution in [3.63, 3.8) is 0 Å². The van der Waals surface area contributed by atoms with Crippen LogP contribution in [0.2, 0.25) is 0 Å². The van der Waals surface area contributed by atoms with E-state index in [1.54, 1.807) is 13.2 Å². The number of halogens is 1. The lowest BCUT2D eigenvalue weighted by molar-refractivity contribution is 0.0635. The molecule has 0 aromatic heterocycles. The van der Waals surface area contributed by atoms with Crippen LogP contribution in [0.5, 0.6) is 0 Å². The van der Waals surface area contributed by atoms with E-state index in [1.165, 1.54) is 12.1 Å². The second-order valence-electron chi connectivity index (χ2n) is 3.68. The molecule has 0 radical (unpaired) electrons. The highest BCUT2D eigenvalue weighted by molar-refractivity contribution is 5.29. The highest BCUT2D eigenvalue weighted by Gasteiger charge is 2.09. The van der Waals surface area contributed by atoms with Crippen LogP contribution in [-0.2, 0) is 9.47 Å². The van der Waals surface area contributed by atoms with Gasteiger partial charge in [0.15, 0.2) is 0 Å². The third-order valence-electron chi connectivity index (χ3n) is 2.36. The van der Waals surface area contributed by atoms with Crippen molar-refractivity contribution in [2.24, 2.45) is 5.73 Å². The first kappa shape index (κ1) is 13.1.